The van der Waals surface area contributed by atoms with Crippen LogP contribution in [0.4, 0.5) is 0 Å². The summed E-state index contributed by atoms with van der Waals surface area (Å²) >= 11 is 3.48. The van der Waals surface area contributed by atoms with Gasteiger partial charge in [-0.3, -0.25) is 0 Å². The average Bonchev–Trinajstić information content (AvgIpc) is 2.53. The molecule has 2 aromatic rings. The first-order valence-electron chi connectivity index (χ1n) is 7.98. The van der Waals surface area contributed by atoms with Crippen molar-refractivity contribution in [3.8, 4) is 11.5 Å². The molecular formula is C19H24BrNO3. The Morgan fingerprint density at radius 2 is 1.71 bits per heavy atom. The van der Waals surface area contributed by atoms with Gasteiger partial charge in [-0.1, -0.05) is 28.1 Å². The topological polar surface area (TPSA) is 61.7 Å². The molecule has 2 rings (SSSR count). The van der Waals surface area contributed by atoms with Gasteiger partial charge in [0.05, 0.1) is 6.10 Å². The Labute approximate surface area is 151 Å². The van der Waals surface area contributed by atoms with Gasteiger partial charge in [0.1, 0.15) is 18.1 Å². The fraction of sp³-hybridized carbons (Fsp3) is 0.368. The van der Waals surface area contributed by atoms with Gasteiger partial charge in [0.25, 0.3) is 0 Å². The molecule has 2 aromatic carbocycles. The number of phenols is 1. The molecule has 4 nitrogen and oxygen atoms in total. The third-order valence-electron chi connectivity index (χ3n) is 3.95. The lowest BCUT2D eigenvalue weighted by Gasteiger charge is -2.21. The van der Waals surface area contributed by atoms with Crippen molar-refractivity contribution in [2.24, 2.45) is 0 Å². The molecule has 130 valence electrons. The minimum atomic E-state index is -0.637. The normalized spacial score (nSPS) is 13.5. The zero-order valence-corrected chi connectivity index (χ0v) is 15.8. The number of phenolic OH excluding ortho intramolecular Hbond substituents is 1. The maximum Gasteiger partial charge on any atom is 0.125 e. The maximum absolute atomic E-state index is 10.3. The summed E-state index contributed by atoms with van der Waals surface area (Å²) in [6.45, 7) is 7.13. The molecule has 24 heavy (non-hydrogen) atoms. The van der Waals surface area contributed by atoms with Crippen LogP contribution in [-0.4, -0.2) is 29.4 Å². The van der Waals surface area contributed by atoms with Crippen LogP contribution in [-0.2, 0) is 0 Å². The van der Waals surface area contributed by atoms with Gasteiger partial charge in [-0.05, 0) is 61.7 Å². The number of ether oxygens (including phenoxy) is 1. The number of benzene rings is 2. The molecule has 0 aliphatic rings. The van der Waals surface area contributed by atoms with Gasteiger partial charge < -0.3 is 20.3 Å². The summed E-state index contributed by atoms with van der Waals surface area (Å²) in [6.07, 6.45) is -0.637. The van der Waals surface area contributed by atoms with Crippen LogP contribution in [0.15, 0.2) is 40.9 Å². The number of aromatic hydroxyl groups is 1. The number of halogens is 1. The zero-order valence-electron chi connectivity index (χ0n) is 14.2. The number of hydrogen-bond donors (Lipinski definition) is 3. The van der Waals surface area contributed by atoms with Crippen molar-refractivity contribution in [2.45, 2.75) is 32.9 Å². The van der Waals surface area contributed by atoms with E-state index in [4.69, 9.17) is 4.74 Å². The van der Waals surface area contributed by atoms with Crippen LogP contribution in [0.1, 0.15) is 29.7 Å². The smallest absolute Gasteiger partial charge is 0.125 e. The summed E-state index contributed by atoms with van der Waals surface area (Å²) in [5.74, 6) is 1.10. The highest BCUT2D eigenvalue weighted by atomic mass is 79.9. The average molecular weight is 394 g/mol. The Morgan fingerprint density at radius 1 is 1.12 bits per heavy atom. The van der Waals surface area contributed by atoms with Gasteiger partial charge >= 0.3 is 0 Å². The summed E-state index contributed by atoms with van der Waals surface area (Å²) < 4.78 is 6.93. The van der Waals surface area contributed by atoms with Gasteiger partial charge in [-0.25, -0.2) is 0 Å². The van der Waals surface area contributed by atoms with E-state index in [1.165, 1.54) is 0 Å². The molecule has 0 fully saturated rings. The Bertz CT molecular complexity index is 650. The highest BCUT2D eigenvalue weighted by Crippen LogP contribution is 2.27. The van der Waals surface area contributed by atoms with Crippen molar-refractivity contribution >= 4 is 15.9 Å². The third kappa shape index (κ3) is 4.97. The number of aryl methyl sites for hydroxylation is 2. The van der Waals surface area contributed by atoms with Gasteiger partial charge in [0, 0.05) is 17.1 Å². The molecule has 2 atom stereocenters. The van der Waals surface area contributed by atoms with E-state index >= 15 is 0 Å². The molecule has 0 heterocycles. The molecule has 0 radical (unpaired) electrons. The lowest BCUT2D eigenvalue weighted by molar-refractivity contribution is 0.133. The standard InChI is InChI=1S/C19H24BrNO3/c1-12-10-16(20)11-13(2)19(12)24-9-8-21-14(3)18(23)15-4-6-17(22)7-5-15/h4-7,10-11,14,18,21-23H,8-9H2,1-3H3/t14-,18-/m0/s1. The lowest BCUT2D eigenvalue weighted by atomic mass is 10.0. The minimum absolute atomic E-state index is 0.120. The summed E-state index contributed by atoms with van der Waals surface area (Å²) in [7, 11) is 0. The minimum Gasteiger partial charge on any atom is -0.508 e. The summed E-state index contributed by atoms with van der Waals surface area (Å²) in [5, 5.41) is 22.9. The summed E-state index contributed by atoms with van der Waals surface area (Å²) in [4.78, 5) is 0. The molecule has 5 heteroatoms. The van der Waals surface area contributed by atoms with E-state index in [0.29, 0.717) is 13.2 Å². The molecule has 0 aliphatic heterocycles. The predicted molar refractivity (Wildman–Crippen MR) is 99.6 cm³/mol. The number of rotatable bonds is 7. The van der Waals surface area contributed by atoms with Gasteiger partial charge in [0.15, 0.2) is 0 Å². The van der Waals surface area contributed by atoms with Crippen LogP contribution < -0.4 is 10.1 Å². The van der Waals surface area contributed by atoms with Crippen molar-refractivity contribution in [3.05, 3.63) is 57.6 Å². The molecule has 0 aliphatic carbocycles. The first-order valence-corrected chi connectivity index (χ1v) is 8.77. The fourth-order valence-electron chi connectivity index (χ4n) is 2.64. The number of aliphatic hydroxyl groups is 1. The molecule has 0 saturated heterocycles. The van der Waals surface area contributed by atoms with Crippen LogP contribution in [0.3, 0.4) is 0 Å². The fourth-order valence-corrected chi connectivity index (χ4v) is 3.32. The first kappa shape index (κ1) is 18.8. The molecule has 0 unspecified atom stereocenters. The van der Waals surface area contributed by atoms with Crippen molar-refractivity contribution in [2.75, 3.05) is 13.2 Å². The number of nitrogens with one attached hydrogen (secondary N) is 1. The molecule has 0 saturated carbocycles. The second-order valence-corrected chi connectivity index (χ2v) is 6.91. The third-order valence-corrected chi connectivity index (χ3v) is 4.41. The van der Waals surface area contributed by atoms with E-state index in [0.717, 1.165) is 26.9 Å². The maximum atomic E-state index is 10.3. The van der Waals surface area contributed by atoms with Crippen LogP contribution in [0, 0.1) is 13.8 Å². The number of hydrogen-bond acceptors (Lipinski definition) is 4. The lowest BCUT2D eigenvalue weighted by Crippen LogP contribution is -2.35. The first-order chi connectivity index (χ1) is 11.4. The Hall–Kier alpha value is -1.56. The SMILES string of the molecule is Cc1cc(Br)cc(C)c1OCCN[C@@H](C)[C@H](O)c1ccc(O)cc1. The largest absolute Gasteiger partial charge is 0.508 e. The van der Waals surface area contributed by atoms with Crippen molar-refractivity contribution < 1.29 is 14.9 Å². The Kier molecular flexibility index (Phi) is 6.66. The second kappa shape index (κ2) is 8.51. The van der Waals surface area contributed by atoms with Crippen LogP contribution >= 0.6 is 15.9 Å². The Balaban J connectivity index is 1.82. The molecule has 0 aromatic heterocycles. The second-order valence-electron chi connectivity index (χ2n) is 6.00. The molecule has 3 N–H and O–H groups in total. The molecule has 0 amide bonds. The molecule has 0 bridgehead atoms. The van der Waals surface area contributed by atoms with E-state index < -0.39 is 6.10 Å². The molecular weight excluding hydrogens is 370 g/mol. The quantitative estimate of drug-likeness (QED) is 0.624. The molecule has 0 spiro atoms. The van der Waals surface area contributed by atoms with E-state index in [1.807, 2.05) is 32.9 Å². The summed E-state index contributed by atoms with van der Waals surface area (Å²) in [6, 6.07) is 10.6. The van der Waals surface area contributed by atoms with E-state index in [9.17, 15) is 10.2 Å². The van der Waals surface area contributed by atoms with Gasteiger partial charge in [0.2, 0.25) is 0 Å². The van der Waals surface area contributed by atoms with Gasteiger partial charge in [-0.15, -0.1) is 0 Å². The van der Waals surface area contributed by atoms with Crippen LogP contribution in [0.5, 0.6) is 11.5 Å². The highest BCUT2D eigenvalue weighted by molar-refractivity contribution is 9.10. The van der Waals surface area contributed by atoms with Crippen molar-refractivity contribution in [1.29, 1.82) is 0 Å². The zero-order chi connectivity index (χ0) is 17.7. The van der Waals surface area contributed by atoms with E-state index in [2.05, 4.69) is 21.2 Å². The van der Waals surface area contributed by atoms with E-state index in [1.54, 1.807) is 24.3 Å². The summed E-state index contributed by atoms with van der Waals surface area (Å²) in [5.41, 5.74) is 2.96. The predicted octanol–water partition coefficient (Wildman–Crippen LogP) is 3.86. The van der Waals surface area contributed by atoms with Crippen LogP contribution in [0.25, 0.3) is 0 Å². The van der Waals surface area contributed by atoms with E-state index in [-0.39, 0.29) is 11.8 Å². The van der Waals surface area contributed by atoms with Crippen LogP contribution in [0.2, 0.25) is 0 Å². The monoisotopic (exact) mass is 393 g/mol. The highest BCUT2D eigenvalue weighted by Gasteiger charge is 2.15. The van der Waals surface area contributed by atoms with Gasteiger partial charge in [-0.2, -0.15) is 0 Å². The number of aliphatic hydroxyl groups excluding tert-OH is 1. The van der Waals surface area contributed by atoms with Crippen molar-refractivity contribution in [3.63, 3.8) is 0 Å². The Morgan fingerprint density at radius 3 is 2.29 bits per heavy atom. The van der Waals surface area contributed by atoms with Crippen molar-refractivity contribution in [1.82, 2.24) is 5.32 Å².